The predicted molar refractivity (Wildman–Crippen MR) is 122 cm³/mol. The first-order valence-corrected chi connectivity index (χ1v) is 11.0. The molecule has 0 aliphatic carbocycles. The second-order valence-corrected chi connectivity index (χ2v) is 8.11. The molecule has 2 aromatic carbocycles. The third kappa shape index (κ3) is 4.74. The minimum absolute atomic E-state index is 0.00752. The van der Waals surface area contributed by atoms with Crippen molar-refractivity contribution in [2.45, 2.75) is 51.5 Å². The van der Waals surface area contributed by atoms with Crippen LogP contribution in [0.1, 0.15) is 44.6 Å². The van der Waals surface area contributed by atoms with Crippen LogP contribution in [0.2, 0.25) is 0 Å². The normalized spacial score (nSPS) is 14.8. The summed E-state index contributed by atoms with van der Waals surface area (Å²) in [7, 11) is 0. The first-order chi connectivity index (χ1) is 15.6. The molecule has 0 saturated carbocycles. The maximum absolute atomic E-state index is 15.1. The topological polar surface area (TPSA) is 96.4 Å². The van der Waals surface area contributed by atoms with E-state index in [9.17, 15) is 9.90 Å². The molecule has 0 spiro atoms. The molecule has 1 aromatic heterocycles. The second kappa shape index (κ2) is 9.80. The highest BCUT2D eigenvalue weighted by molar-refractivity contribution is 5.93. The minimum Gasteiger partial charge on any atom is -0.504 e. The van der Waals surface area contributed by atoms with Crippen molar-refractivity contribution in [1.29, 1.82) is 0 Å². The maximum atomic E-state index is 15.1. The molecule has 1 aliphatic rings. The number of aromatic nitrogens is 2. The molecular weight excluding hydrogens is 411 g/mol. The van der Waals surface area contributed by atoms with E-state index in [1.807, 2.05) is 13.0 Å². The Bertz CT molecular complexity index is 1120. The summed E-state index contributed by atoms with van der Waals surface area (Å²) in [6.07, 6.45) is 7.13. The van der Waals surface area contributed by atoms with Crippen LogP contribution in [0.3, 0.4) is 0 Å². The monoisotopic (exact) mass is 438 g/mol. The third-order valence-corrected chi connectivity index (χ3v) is 5.60. The van der Waals surface area contributed by atoms with Crippen molar-refractivity contribution in [1.82, 2.24) is 9.97 Å². The number of phenols is 1. The van der Waals surface area contributed by atoms with Gasteiger partial charge in [-0.1, -0.05) is 12.8 Å². The number of carbonyl (C=O) groups is 1. The average Bonchev–Trinajstić information content (AvgIpc) is 3.17. The Morgan fingerprint density at radius 2 is 2.09 bits per heavy atom. The summed E-state index contributed by atoms with van der Waals surface area (Å²) >= 11 is 0. The van der Waals surface area contributed by atoms with E-state index in [2.05, 4.69) is 20.6 Å². The number of aldehydes is 1. The Labute approximate surface area is 186 Å². The molecule has 8 heteroatoms. The Hall–Kier alpha value is -3.42. The number of rotatable bonds is 10. The number of phenolic OH excluding ortho intramolecular Hbond substituents is 1. The van der Waals surface area contributed by atoms with E-state index in [1.165, 1.54) is 12.4 Å². The number of nitrogens with zero attached hydrogens (tertiary/aromatic N) is 2. The van der Waals surface area contributed by atoms with Crippen molar-refractivity contribution in [3.05, 3.63) is 42.0 Å². The second-order valence-electron chi connectivity index (χ2n) is 8.11. The summed E-state index contributed by atoms with van der Waals surface area (Å²) in [5, 5.41) is 17.3. The zero-order chi connectivity index (χ0) is 22.5. The number of fused-ring (bicyclic) bond motifs is 2. The molecule has 168 valence electrons. The number of halogens is 1. The quantitative estimate of drug-likeness (QED) is 0.299. The van der Waals surface area contributed by atoms with Gasteiger partial charge in [-0.3, -0.25) is 0 Å². The Kier molecular flexibility index (Phi) is 6.68. The standard InChI is InChI=1S/C24H27FN4O3/c1-15-11-16-18(28-15)7-8-19(23(16)25)29-24-17-12-22(21(31)13-20(17)26-14-27-24)32-10-6-4-2-3-5-9-30/h7-9,12-15,28,31H,2-6,10-11H2,1H3,(H,26,27,29). The largest absolute Gasteiger partial charge is 0.504 e. The van der Waals surface area contributed by atoms with E-state index in [4.69, 9.17) is 4.74 Å². The summed E-state index contributed by atoms with van der Waals surface area (Å²) < 4.78 is 20.8. The number of aromatic hydroxyl groups is 1. The van der Waals surface area contributed by atoms with Gasteiger partial charge in [0.1, 0.15) is 18.4 Å². The lowest BCUT2D eigenvalue weighted by molar-refractivity contribution is -0.107. The van der Waals surface area contributed by atoms with Crippen molar-refractivity contribution in [2.24, 2.45) is 0 Å². The molecule has 0 radical (unpaired) electrons. The zero-order valence-corrected chi connectivity index (χ0v) is 18.0. The van der Waals surface area contributed by atoms with Crippen LogP contribution in [0.5, 0.6) is 11.5 Å². The summed E-state index contributed by atoms with van der Waals surface area (Å²) in [6, 6.07) is 6.95. The summed E-state index contributed by atoms with van der Waals surface area (Å²) in [5.74, 6) is 0.463. The van der Waals surface area contributed by atoms with Crippen LogP contribution in [-0.2, 0) is 11.2 Å². The number of ether oxygens (including phenoxy) is 1. The molecule has 1 atom stereocenters. The van der Waals surface area contributed by atoms with E-state index >= 15 is 4.39 Å². The molecule has 2 heterocycles. The van der Waals surface area contributed by atoms with Crippen molar-refractivity contribution in [2.75, 3.05) is 17.2 Å². The number of carbonyl (C=O) groups excluding carboxylic acids is 1. The van der Waals surface area contributed by atoms with Gasteiger partial charge in [0.15, 0.2) is 17.3 Å². The van der Waals surface area contributed by atoms with E-state index in [0.717, 1.165) is 37.7 Å². The van der Waals surface area contributed by atoms with Gasteiger partial charge in [0, 0.05) is 35.2 Å². The fraction of sp³-hybridized carbons (Fsp3) is 0.375. The maximum Gasteiger partial charge on any atom is 0.161 e. The van der Waals surface area contributed by atoms with Crippen LogP contribution >= 0.6 is 0 Å². The molecule has 32 heavy (non-hydrogen) atoms. The summed E-state index contributed by atoms with van der Waals surface area (Å²) in [5.41, 5.74) is 2.35. The lowest BCUT2D eigenvalue weighted by Crippen LogP contribution is -2.08. The van der Waals surface area contributed by atoms with Gasteiger partial charge in [0.25, 0.3) is 0 Å². The van der Waals surface area contributed by atoms with Crippen LogP contribution in [0.15, 0.2) is 30.6 Å². The van der Waals surface area contributed by atoms with Crippen LogP contribution in [-0.4, -0.2) is 34.0 Å². The molecule has 0 bridgehead atoms. The summed E-state index contributed by atoms with van der Waals surface area (Å²) in [6.45, 7) is 2.46. The molecule has 4 rings (SSSR count). The van der Waals surface area contributed by atoms with Crippen LogP contribution < -0.4 is 15.4 Å². The van der Waals surface area contributed by atoms with Gasteiger partial charge in [-0.2, -0.15) is 0 Å². The lowest BCUT2D eigenvalue weighted by atomic mass is 10.1. The molecule has 0 amide bonds. The Balaban J connectivity index is 1.51. The molecule has 0 saturated heterocycles. The molecule has 3 N–H and O–H groups in total. The number of unbranched alkanes of at least 4 members (excludes halogenated alkanes) is 4. The van der Waals surface area contributed by atoms with Crippen molar-refractivity contribution < 1.29 is 19.0 Å². The van der Waals surface area contributed by atoms with Gasteiger partial charge in [-0.15, -0.1) is 0 Å². The van der Waals surface area contributed by atoms with Gasteiger partial charge in [-0.25, -0.2) is 14.4 Å². The number of nitrogens with one attached hydrogen (secondary N) is 2. The first kappa shape index (κ1) is 21.8. The highest BCUT2D eigenvalue weighted by Crippen LogP contribution is 2.36. The molecule has 0 fully saturated rings. The smallest absolute Gasteiger partial charge is 0.161 e. The van der Waals surface area contributed by atoms with Crippen LogP contribution in [0, 0.1) is 5.82 Å². The third-order valence-electron chi connectivity index (χ3n) is 5.60. The average molecular weight is 439 g/mol. The number of hydrogen-bond acceptors (Lipinski definition) is 7. The number of benzene rings is 2. The van der Waals surface area contributed by atoms with E-state index < -0.39 is 0 Å². The van der Waals surface area contributed by atoms with Crippen LogP contribution in [0.25, 0.3) is 10.9 Å². The van der Waals surface area contributed by atoms with E-state index in [1.54, 1.807) is 12.1 Å². The highest BCUT2D eigenvalue weighted by Gasteiger charge is 2.23. The SMILES string of the molecule is CC1Cc2c(ccc(Nc3ncnc4cc(O)c(OCCCCCCC=O)cc34)c2F)N1. The van der Waals surface area contributed by atoms with Crippen molar-refractivity contribution >= 4 is 34.4 Å². The van der Waals surface area contributed by atoms with Crippen molar-refractivity contribution in [3.8, 4) is 11.5 Å². The highest BCUT2D eigenvalue weighted by atomic mass is 19.1. The summed E-state index contributed by atoms with van der Waals surface area (Å²) in [4.78, 5) is 18.9. The molecule has 1 unspecified atom stereocenters. The number of hydrogen-bond donors (Lipinski definition) is 3. The van der Waals surface area contributed by atoms with E-state index in [-0.39, 0.29) is 17.6 Å². The van der Waals surface area contributed by atoms with Crippen LogP contribution in [0.4, 0.5) is 21.6 Å². The van der Waals surface area contributed by atoms with Gasteiger partial charge in [-0.05, 0) is 44.4 Å². The van der Waals surface area contributed by atoms with Crippen molar-refractivity contribution in [3.63, 3.8) is 0 Å². The number of anilines is 3. The molecule has 1 aliphatic heterocycles. The molecule has 7 nitrogen and oxygen atoms in total. The Morgan fingerprint density at radius 3 is 2.94 bits per heavy atom. The van der Waals surface area contributed by atoms with Gasteiger partial charge >= 0.3 is 0 Å². The zero-order valence-electron chi connectivity index (χ0n) is 18.0. The fourth-order valence-electron chi connectivity index (χ4n) is 3.96. The molecular formula is C24H27FN4O3. The Morgan fingerprint density at radius 1 is 1.25 bits per heavy atom. The van der Waals surface area contributed by atoms with E-state index in [0.29, 0.717) is 53.2 Å². The van der Waals surface area contributed by atoms with Gasteiger partial charge < -0.3 is 25.3 Å². The lowest BCUT2D eigenvalue weighted by Gasteiger charge is -2.13. The van der Waals surface area contributed by atoms with Gasteiger partial charge in [0.05, 0.1) is 17.8 Å². The minimum atomic E-state index is -0.295. The first-order valence-electron chi connectivity index (χ1n) is 11.0. The predicted octanol–water partition coefficient (Wildman–Crippen LogP) is 5.10. The van der Waals surface area contributed by atoms with Gasteiger partial charge in [0.2, 0.25) is 0 Å². The molecule has 3 aromatic rings. The fourth-order valence-corrected chi connectivity index (χ4v) is 3.96.